The summed E-state index contributed by atoms with van der Waals surface area (Å²) in [6.45, 7) is 1.39. The molecule has 0 spiro atoms. The topological polar surface area (TPSA) is 114 Å². The Morgan fingerprint density at radius 2 is 1.77 bits per heavy atom. The summed E-state index contributed by atoms with van der Waals surface area (Å²) in [4.78, 5) is 47.1. The van der Waals surface area contributed by atoms with E-state index in [0.717, 1.165) is 36.8 Å². The maximum absolute atomic E-state index is 12.6. The number of ether oxygens (including phenoxy) is 1. The van der Waals surface area contributed by atoms with Crippen LogP contribution in [0.25, 0.3) is 6.08 Å². The van der Waals surface area contributed by atoms with E-state index in [0.29, 0.717) is 23.8 Å². The number of nitrogens with zero attached hydrogens (tertiary/aromatic N) is 3. The summed E-state index contributed by atoms with van der Waals surface area (Å²) in [6, 6.07) is 17.2. The first-order chi connectivity index (χ1) is 18.9. The molecule has 1 fully saturated rings. The van der Waals surface area contributed by atoms with Crippen molar-refractivity contribution >= 4 is 35.4 Å². The fourth-order valence-corrected chi connectivity index (χ4v) is 4.42. The first-order valence-electron chi connectivity index (χ1n) is 13.0. The molecule has 0 aliphatic heterocycles. The molecule has 9 nitrogen and oxygen atoms in total. The normalized spacial score (nSPS) is 13.3. The standard InChI is InChI=1S/C30H33N5O4/c1-21(36)39-26-19-31-27(34-30(26)35(2)20-29(38)33-24-10-6-7-11-24)18-23-12-15-25(16-13-23)32-28(37)17-14-22-8-4-3-5-9-22/h3-5,8-9,12-17,19,24H,6-7,10-11,18,20H2,1-2H3,(H,32,37)(H,33,38)/b17-14+. The minimum Gasteiger partial charge on any atom is -0.421 e. The molecule has 0 atom stereocenters. The van der Waals surface area contributed by atoms with Crippen molar-refractivity contribution in [2.45, 2.75) is 45.1 Å². The lowest BCUT2D eigenvalue weighted by molar-refractivity contribution is -0.131. The van der Waals surface area contributed by atoms with Crippen LogP contribution in [0, 0.1) is 0 Å². The molecule has 39 heavy (non-hydrogen) atoms. The fraction of sp³-hybridized carbons (Fsp3) is 0.300. The Bertz CT molecular complexity index is 1320. The average Bonchev–Trinajstić information content (AvgIpc) is 3.42. The Morgan fingerprint density at radius 1 is 1.05 bits per heavy atom. The van der Waals surface area contributed by atoms with Crippen LogP contribution in [0.1, 0.15) is 49.6 Å². The van der Waals surface area contributed by atoms with Crippen LogP contribution in [0.4, 0.5) is 11.5 Å². The molecule has 1 saturated carbocycles. The van der Waals surface area contributed by atoms with Gasteiger partial charge in [-0.05, 0) is 42.2 Å². The van der Waals surface area contributed by atoms with Gasteiger partial charge >= 0.3 is 5.97 Å². The number of carbonyl (C=O) groups is 3. The van der Waals surface area contributed by atoms with Crippen LogP contribution in [0.3, 0.4) is 0 Å². The van der Waals surface area contributed by atoms with Crippen LogP contribution in [0.15, 0.2) is 66.9 Å². The van der Waals surface area contributed by atoms with Crippen molar-refractivity contribution in [1.29, 1.82) is 0 Å². The van der Waals surface area contributed by atoms with Crippen molar-refractivity contribution in [3.63, 3.8) is 0 Å². The van der Waals surface area contributed by atoms with E-state index in [2.05, 4.69) is 20.6 Å². The molecule has 1 aromatic heterocycles. The van der Waals surface area contributed by atoms with Gasteiger partial charge in [-0.3, -0.25) is 14.4 Å². The Labute approximate surface area is 228 Å². The van der Waals surface area contributed by atoms with Gasteiger partial charge in [-0.25, -0.2) is 9.97 Å². The molecule has 2 aromatic carbocycles. The minimum absolute atomic E-state index is 0.0777. The summed E-state index contributed by atoms with van der Waals surface area (Å²) in [6.07, 6.45) is 9.38. The zero-order valence-corrected chi connectivity index (χ0v) is 22.2. The Kier molecular flexibility index (Phi) is 9.39. The molecule has 1 aliphatic carbocycles. The average molecular weight is 528 g/mol. The van der Waals surface area contributed by atoms with Crippen LogP contribution in [-0.4, -0.2) is 47.4 Å². The predicted molar refractivity (Wildman–Crippen MR) is 150 cm³/mol. The highest BCUT2D eigenvalue weighted by Gasteiger charge is 2.21. The molecule has 0 unspecified atom stereocenters. The molecular weight excluding hydrogens is 494 g/mol. The lowest BCUT2D eigenvalue weighted by Gasteiger charge is -2.21. The van der Waals surface area contributed by atoms with Crippen LogP contribution < -0.4 is 20.3 Å². The monoisotopic (exact) mass is 527 g/mol. The second-order valence-electron chi connectivity index (χ2n) is 9.58. The van der Waals surface area contributed by atoms with Gasteiger partial charge in [0, 0.05) is 38.2 Å². The summed E-state index contributed by atoms with van der Waals surface area (Å²) in [5, 5.41) is 5.91. The number of rotatable bonds is 10. The summed E-state index contributed by atoms with van der Waals surface area (Å²) >= 11 is 0. The van der Waals surface area contributed by atoms with Gasteiger partial charge in [0.2, 0.25) is 11.8 Å². The SMILES string of the molecule is CC(=O)Oc1cnc(Cc2ccc(NC(=O)/C=C/c3ccccc3)cc2)nc1N(C)CC(=O)NC1CCCC1. The van der Waals surface area contributed by atoms with E-state index in [4.69, 9.17) is 4.74 Å². The van der Waals surface area contributed by atoms with Crippen molar-refractivity contribution < 1.29 is 19.1 Å². The second kappa shape index (κ2) is 13.3. The summed E-state index contributed by atoms with van der Waals surface area (Å²) < 4.78 is 5.30. The third kappa shape index (κ3) is 8.49. The summed E-state index contributed by atoms with van der Waals surface area (Å²) in [5.74, 6) is 0.254. The van der Waals surface area contributed by atoms with Gasteiger partial charge in [-0.2, -0.15) is 0 Å². The number of likely N-dealkylation sites (N-methyl/N-ethyl adjacent to an activating group) is 1. The molecule has 1 heterocycles. The van der Waals surface area contributed by atoms with E-state index in [9.17, 15) is 14.4 Å². The predicted octanol–water partition coefficient (Wildman–Crippen LogP) is 4.14. The number of nitrogens with one attached hydrogen (secondary N) is 2. The first kappa shape index (κ1) is 27.5. The lowest BCUT2D eigenvalue weighted by Crippen LogP contribution is -2.40. The van der Waals surface area contributed by atoms with Crippen LogP contribution in [0.5, 0.6) is 5.75 Å². The molecule has 0 saturated heterocycles. The molecule has 0 radical (unpaired) electrons. The van der Waals surface area contributed by atoms with Crippen LogP contribution in [0.2, 0.25) is 0 Å². The van der Waals surface area contributed by atoms with Crippen molar-refractivity contribution in [1.82, 2.24) is 15.3 Å². The third-order valence-electron chi connectivity index (χ3n) is 6.31. The number of aromatic nitrogens is 2. The molecule has 2 N–H and O–H groups in total. The molecule has 1 aliphatic rings. The minimum atomic E-state index is -0.493. The van der Waals surface area contributed by atoms with Crippen LogP contribution >= 0.6 is 0 Å². The Hall–Kier alpha value is -4.53. The van der Waals surface area contributed by atoms with Crippen LogP contribution in [-0.2, 0) is 20.8 Å². The number of benzene rings is 2. The number of carbonyl (C=O) groups excluding carboxylic acids is 3. The van der Waals surface area contributed by atoms with Crippen molar-refractivity contribution in [3.05, 3.63) is 83.8 Å². The first-order valence-corrected chi connectivity index (χ1v) is 13.0. The number of amides is 2. The van der Waals surface area contributed by atoms with E-state index in [-0.39, 0.29) is 30.2 Å². The molecule has 0 bridgehead atoms. The summed E-state index contributed by atoms with van der Waals surface area (Å²) in [7, 11) is 1.73. The second-order valence-corrected chi connectivity index (χ2v) is 9.58. The molecule has 2 amide bonds. The molecule has 202 valence electrons. The van der Waals surface area contributed by atoms with E-state index < -0.39 is 5.97 Å². The van der Waals surface area contributed by atoms with Gasteiger partial charge in [0.05, 0.1) is 12.7 Å². The van der Waals surface area contributed by atoms with Crippen molar-refractivity contribution in [3.8, 4) is 5.75 Å². The van der Waals surface area contributed by atoms with Gasteiger partial charge in [0.15, 0.2) is 11.6 Å². The smallest absolute Gasteiger partial charge is 0.308 e. The summed E-state index contributed by atoms with van der Waals surface area (Å²) in [5.41, 5.74) is 2.55. The highest BCUT2D eigenvalue weighted by molar-refractivity contribution is 6.01. The van der Waals surface area contributed by atoms with E-state index >= 15 is 0 Å². The maximum atomic E-state index is 12.6. The van der Waals surface area contributed by atoms with Gasteiger partial charge in [-0.1, -0.05) is 55.3 Å². The molecule has 3 aromatic rings. The number of hydrogen-bond acceptors (Lipinski definition) is 7. The zero-order chi connectivity index (χ0) is 27.6. The number of anilines is 2. The van der Waals surface area contributed by atoms with E-state index in [1.807, 2.05) is 54.6 Å². The lowest BCUT2D eigenvalue weighted by atomic mass is 10.1. The van der Waals surface area contributed by atoms with Gasteiger partial charge in [-0.15, -0.1) is 0 Å². The van der Waals surface area contributed by atoms with Gasteiger partial charge < -0.3 is 20.3 Å². The van der Waals surface area contributed by atoms with Crippen molar-refractivity contribution in [2.75, 3.05) is 23.8 Å². The molecular formula is C30H33N5O4. The highest BCUT2D eigenvalue weighted by atomic mass is 16.5. The van der Waals surface area contributed by atoms with Gasteiger partial charge in [0.25, 0.3) is 0 Å². The third-order valence-corrected chi connectivity index (χ3v) is 6.31. The Balaban J connectivity index is 1.40. The number of esters is 1. The highest BCUT2D eigenvalue weighted by Crippen LogP contribution is 2.26. The van der Waals surface area contributed by atoms with E-state index in [1.54, 1.807) is 18.0 Å². The Morgan fingerprint density at radius 3 is 2.46 bits per heavy atom. The number of hydrogen-bond donors (Lipinski definition) is 2. The fourth-order valence-electron chi connectivity index (χ4n) is 4.42. The molecule has 4 rings (SSSR count). The van der Waals surface area contributed by atoms with Gasteiger partial charge in [0.1, 0.15) is 5.82 Å². The molecule has 9 heteroatoms. The quantitative estimate of drug-likeness (QED) is 0.301. The zero-order valence-electron chi connectivity index (χ0n) is 22.2. The van der Waals surface area contributed by atoms with E-state index in [1.165, 1.54) is 19.2 Å². The van der Waals surface area contributed by atoms with Crippen molar-refractivity contribution in [2.24, 2.45) is 0 Å². The largest absolute Gasteiger partial charge is 0.421 e. The maximum Gasteiger partial charge on any atom is 0.308 e.